The number of guanidine groups is 1. The van der Waals surface area contributed by atoms with E-state index in [0.717, 1.165) is 58.2 Å². The summed E-state index contributed by atoms with van der Waals surface area (Å²) < 4.78 is 11.0. The van der Waals surface area contributed by atoms with Crippen LogP contribution in [-0.2, 0) is 9.47 Å². The fourth-order valence-electron chi connectivity index (χ4n) is 3.12. The van der Waals surface area contributed by atoms with E-state index in [-0.39, 0.29) is 30.1 Å². The molecule has 1 atom stereocenters. The van der Waals surface area contributed by atoms with Crippen LogP contribution in [0.4, 0.5) is 4.79 Å². The van der Waals surface area contributed by atoms with Crippen LogP contribution in [0.2, 0.25) is 0 Å². The third-order valence-corrected chi connectivity index (χ3v) is 4.79. The van der Waals surface area contributed by atoms with E-state index in [2.05, 4.69) is 29.4 Å². The lowest BCUT2D eigenvalue weighted by Gasteiger charge is -2.31. The third kappa shape index (κ3) is 10.2. The summed E-state index contributed by atoms with van der Waals surface area (Å²) in [6, 6.07) is 0.696. The van der Waals surface area contributed by atoms with Gasteiger partial charge >= 0.3 is 6.09 Å². The van der Waals surface area contributed by atoms with Crippen LogP contribution in [0.5, 0.6) is 0 Å². The van der Waals surface area contributed by atoms with E-state index >= 15 is 0 Å². The summed E-state index contributed by atoms with van der Waals surface area (Å²) in [5.74, 6) is 0.794. The summed E-state index contributed by atoms with van der Waals surface area (Å²) in [5, 5.41) is 6.64. The average molecular weight is 525 g/mol. The molecule has 2 N–H and O–H groups in total. The van der Waals surface area contributed by atoms with Gasteiger partial charge in [-0.3, -0.25) is 9.89 Å². The van der Waals surface area contributed by atoms with Crippen LogP contribution in [0.15, 0.2) is 4.99 Å². The number of carbonyl (C=O) groups excluding carboxylic acids is 1. The van der Waals surface area contributed by atoms with E-state index in [0.29, 0.717) is 25.2 Å². The predicted octanol–water partition coefficient (Wildman–Crippen LogP) is 2.28. The minimum absolute atomic E-state index is 0. The zero-order valence-electron chi connectivity index (χ0n) is 18.7. The van der Waals surface area contributed by atoms with Crippen molar-refractivity contribution >= 4 is 36.0 Å². The molecule has 1 saturated heterocycles. The molecule has 0 spiro atoms. The molecule has 1 unspecified atom stereocenters. The number of amides is 1. The highest BCUT2D eigenvalue weighted by atomic mass is 127. The normalized spacial score (nSPS) is 19.1. The maximum atomic E-state index is 12.4. The predicted molar refractivity (Wildman–Crippen MR) is 127 cm³/mol. The fraction of sp³-hybridized carbons (Fsp3) is 0.900. The van der Waals surface area contributed by atoms with Crippen molar-refractivity contribution < 1.29 is 14.3 Å². The first-order valence-corrected chi connectivity index (χ1v) is 10.6. The first kappa shape index (κ1) is 26.2. The topological polar surface area (TPSA) is 78.4 Å². The Hall–Kier alpha value is -0.810. The van der Waals surface area contributed by atoms with Gasteiger partial charge in [0.25, 0.3) is 0 Å². The van der Waals surface area contributed by atoms with Crippen molar-refractivity contribution in [1.29, 1.82) is 0 Å². The monoisotopic (exact) mass is 525 g/mol. The molecule has 0 aromatic heterocycles. The fourth-order valence-corrected chi connectivity index (χ4v) is 3.12. The number of aliphatic imine (C=N–C) groups is 1. The Morgan fingerprint density at radius 2 is 1.93 bits per heavy atom. The van der Waals surface area contributed by atoms with Crippen molar-refractivity contribution in [2.24, 2.45) is 4.99 Å². The number of nitrogens with one attached hydrogen (secondary N) is 2. The zero-order valence-corrected chi connectivity index (χ0v) is 21.0. The number of morpholine rings is 1. The van der Waals surface area contributed by atoms with Gasteiger partial charge in [-0.1, -0.05) is 0 Å². The molecule has 170 valence electrons. The van der Waals surface area contributed by atoms with Crippen LogP contribution in [0.25, 0.3) is 0 Å². The van der Waals surface area contributed by atoms with Gasteiger partial charge in [0.15, 0.2) is 5.96 Å². The number of ether oxygens (including phenoxy) is 2. The number of carbonyl (C=O) groups is 1. The standard InChI is InChI=1S/C20H39N5O3.HI/c1-6-21-18(23-15-16(2)24-11-13-27-14-12-24)22-9-10-25(17-7-8-17)19(26)28-20(3,4)5;/h16-17H,6-15H2,1-5H3,(H2,21,22,23);1H. The molecule has 1 amide bonds. The Labute approximate surface area is 193 Å². The molecule has 1 saturated carbocycles. The number of halogens is 1. The van der Waals surface area contributed by atoms with Crippen LogP contribution in [0.3, 0.4) is 0 Å². The van der Waals surface area contributed by atoms with E-state index < -0.39 is 5.60 Å². The van der Waals surface area contributed by atoms with Crippen LogP contribution in [-0.4, -0.2) is 92.0 Å². The molecule has 2 rings (SSSR count). The summed E-state index contributed by atoms with van der Waals surface area (Å²) in [6.07, 6.45) is 1.90. The Kier molecular flexibility index (Phi) is 11.6. The summed E-state index contributed by atoms with van der Waals surface area (Å²) >= 11 is 0. The summed E-state index contributed by atoms with van der Waals surface area (Å²) in [6.45, 7) is 16.3. The molecule has 1 aliphatic carbocycles. The van der Waals surface area contributed by atoms with Gasteiger partial charge in [-0.05, 0) is 47.5 Å². The van der Waals surface area contributed by atoms with Gasteiger partial charge in [-0.15, -0.1) is 24.0 Å². The van der Waals surface area contributed by atoms with Crippen LogP contribution in [0, 0.1) is 0 Å². The lowest BCUT2D eigenvalue weighted by Crippen LogP contribution is -2.46. The third-order valence-electron chi connectivity index (χ3n) is 4.79. The lowest BCUT2D eigenvalue weighted by molar-refractivity contribution is 0.0220. The molecular formula is C20H40IN5O3. The minimum atomic E-state index is -0.469. The first-order valence-electron chi connectivity index (χ1n) is 10.6. The molecule has 0 radical (unpaired) electrons. The smallest absolute Gasteiger partial charge is 0.410 e. The van der Waals surface area contributed by atoms with Gasteiger partial charge < -0.3 is 25.0 Å². The zero-order chi connectivity index (χ0) is 20.6. The van der Waals surface area contributed by atoms with Crippen LogP contribution in [0.1, 0.15) is 47.5 Å². The number of hydrogen-bond acceptors (Lipinski definition) is 5. The van der Waals surface area contributed by atoms with Gasteiger partial charge in [0, 0.05) is 44.8 Å². The van der Waals surface area contributed by atoms with Crippen molar-refractivity contribution in [3.63, 3.8) is 0 Å². The molecule has 9 heteroatoms. The number of rotatable bonds is 8. The molecule has 1 aliphatic heterocycles. The maximum absolute atomic E-state index is 12.4. The second kappa shape index (κ2) is 12.8. The molecule has 1 heterocycles. The Bertz CT molecular complexity index is 517. The summed E-state index contributed by atoms with van der Waals surface area (Å²) in [7, 11) is 0. The molecule has 2 aliphatic rings. The van der Waals surface area contributed by atoms with Crippen molar-refractivity contribution in [3.05, 3.63) is 0 Å². The SMILES string of the molecule is CCNC(=NCC(C)N1CCOCC1)NCCN(C(=O)OC(C)(C)C)C1CC1.I. The van der Waals surface area contributed by atoms with Crippen molar-refractivity contribution in [2.75, 3.05) is 52.5 Å². The molecule has 0 bridgehead atoms. The van der Waals surface area contributed by atoms with Gasteiger partial charge in [0.1, 0.15) is 5.60 Å². The maximum Gasteiger partial charge on any atom is 0.410 e. The highest BCUT2D eigenvalue weighted by Crippen LogP contribution is 2.28. The van der Waals surface area contributed by atoms with Crippen molar-refractivity contribution in [3.8, 4) is 0 Å². The van der Waals surface area contributed by atoms with E-state index in [1.54, 1.807) is 0 Å². The Balaban J connectivity index is 0.00000420. The van der Waals surface area contributed by atoms with Gasteiger partial charge in [0.2, 0.25) is 0 Å². The van der Waals surface area contributed by atoms with E-state index in [1.165, 1.54) is 0 Å². The second-order valence-corrected chi connectivity index (χ2v) is 8.55. The van der Waals surface area contributed by atoms with Crippen LogP contribution < -0.4 is 10.6 Å². The quantitative estimate of drug-likeness (QED) is 0.288. The van der Waals surface area contributed by atoms with E-state index in [9.17, 15) is 4.79 Å². The van der Waals surface area contributed by atoms with E-state index in [1.807, 2.05) is 25.7 Å². The number of hydrogen-bond donors (Lipinski definition) is 2. The molecule has 2 fully saturated rings. The summed E-state index contributed by atoms with van der Waals surface area (Å²) in [4.78, 5) is 21.4. The first-order chi connectivity index (χ1) is 13.3. The highest BCUT2D eigenvalue weighted by molar-refractivity contribution is 14.0. The largest absolute Gasteiger partial charge is 0.444 e. The Morgan fingerprint density at radius 1 is 1.28 bits per heavy atom. The molecule has 8 nitrogen and oxygen atoms in total. The molecule has 0 aromatic rings. The second-order valence-electron chi connectivity index (χ2n) is 8.55. The minimum Gasteiger partial charge on any atom is -0.444 e. The van der Waals surface area contributed by atoms with Gasteiger partial charge in [0.05, 0.1) is 19.8 Å². The Morgan fingerprint density at radius 3 is 2.48 bits per heavy atom. The van der Waals surface area contributed by atoms with Crippen LogP contribution >= 0.6 is 24.0 Å². The van der Waals surface area contributed by atoms with Gasteiger partial charge in [-0.2, -0.15) is 0 Å². The van der Waals surface area contributed by atoms with Crippen molar-refractivity contribution in [1.82, 2.24) is 20.4 Å². The van der Waals surface area contributed by atoms with E-state index in [4.69, 9.17) is 14.5 Å². The van der Waals surface area contributed by atoms with Gasteiger partial charge in [-0.25, -0.2) is 4.79 Å². The molecule has 29 heavy (non-hydrogen) atoms. The molecule has 0 aromatic carbocycles. The summed E-state index contributed by atoms with van der Waals surface area (Å²) in [5.41, 5.74) is -0.469. The highest BCUT2D eigenvalue weighted by Gasteiger charge is 2.34. The average Bonchev–Trinajstić information content (AvgIpc) is 3.47. The van der Waals surface area contributed by atoms with Crippen molar-refractivity contribution in [2.45, 2.75) is 65.1 Å². The molecular weight excluding hydrogens is 485 g/mol. The number of nitrogens with zero attached hydrogens (tertiary/aromatic N) is 3. The lowest BCUT2D eigenvalue weighted by atomic mass is 10.2.